The van der Waals surface area contributed by atoms with Gasteiger partial charge in [0.05, 0.1) is 0 Å². The number of nitrogens with zero attached hydrogens (tertiary/aromatic N) is 1. The van der Waals surface area contributed by atoms with Crippen LogP contribution in [0.15, 0.2) is 23.3 Å². The molecule has 0 fully saturated rings. The fourth-order valence-corrected chi connectivity index (χ4v) is 2.37. The Bertz CT molecular complexity index is 293. The molecule has 16 heavy (non-hydrogen) atoms. The summed E-state index contributed by atoms with van der Waals surface area (Å²) in [7, 11) is 2.12. The Morgan fingerprint density at radius 1 is 1.62 bits per heavy atom. The molecule has 0 N–H and O–H groups in total. The van der Waals surface area contributed by atoms with Crippen LogP contribution in [-0.2, 0) is 0 Å². The Morgan fingerprint density at radius 3 is 2.81 bits per heavy atom. The van der Waals surface area contributed by atoms with E-state index in [1.807, 2.05) is 6.92 Å². The molecule has 1 aliphatic rings. The van der Waals surface area contributed by atoms with Crippen LogP contribution in [-0.4, -0.2) is 30.7 Å². The fourth-order valence-electron chi connectivity index (χ4n) is 2.37. The summed E-state index contributed by atoms with van der Waals surface area (Å²) in [5.41, 5.74) is 3.66. The number of hydrogen-bond acceptors (Lipinski definition) is 1. The van der Waals surface area contributed by atoms with Gasteiger partial charge < -0.3 is 0 Å². The third-order valence-electron chi connectivity index (χ3n) is 3.67. The van der Waals surface area contributed by atoms with Gasteiger partial charge in [0, 0.05) is 19.0 Å². The zero-order valence-electron chi connectivity index (χ0n) is 11.0. The van der Waals surface area contributed by atoms with Gasteiger partial charge in [-0.1, -0.05) is 19.1 Å². The van der Waals surface area contributed by atoms with Crippen molar-refractivity contribution in [1.82, 2.24) is 4.90 Å². The highest BCUT2D eigenvalue weighted by Crippen LogP contribution is 2.30. The molecule has 0 amide bonds. The summed E-state index contributed by atoms with van der Waals surface area (Å²) in [5, 5.41) is 0. The predicted molar refractivity (Wildman–Crippen MR) is 68.4 cm³/mol. The SMILES string of the molecule is C=C(CC(F)CC)C1=C(C)CCN(C)C1C. The molecule has 0 radical (unpaired) electrons. The first-order valence-electron chi connectivity index (χ1n) is 6.19. The van der Waals surface area contributed by atoms with Gasteiger partial charge in [0.15, 0.2) is 0 Å². The van der Waals surface area contributed by atoms with Gasteiger partial charge in [0.1, 0.15) is 6.17 Å². The van der Waals surface area contributed by atoms with Crippen molar-refractivity contribution in [3.63, 3.8) is 0 Å². The average molecular weight is 225 g/mol. The lowest BCUT2D eigenvalue weighted by atomic mass is 9.87. The van der Waals surface area contributed by atoms with Crippen molar-refractivity contribution in [1.29, 1.82) is 0 Å². The van der Waals surface area contributed by atoms with Crippen molar-refractivity contribution in [3.05, 3.63) is 23.3 Å². The number of rotatable bonds is 4. The van der Waals surface area contributed by atoms with E-state index < -0.39 is 6.17 Å². The summed E-state index contributed by atoms with van der Waals surface area (Å²) in [6, 6.07) is 0.380. The standard InChI is InChI=1S/C14H24FN/c1-6-13(15)9-11(3)14-10(2)7-8-16(5)12(14)4/h12-13H,3,6-9H2,1-2,4-5H3. The average Bonchev–Trinajstić information content (AvgIpc) is 2.24. The van der Waals surface area contributed by atoms with Gasteiger partial charge in [0.2, 0.25) is 0 Å². The second kappa shape index (κ2) is 5.62. The molecular weight excluding hydrogens is 201 g/mol. The minimum Gasteiger partial charge on any atom is -0.299 e. The van der Waals surface area contributed by atoms with Crippen molar-refractivity contribution >= 4 is 0 Å². The van der Waals surface area contributed by atoms with Crippen molar-refractivity contribution < 1.29 is 4.39 Å². The van der Waals surface area contributed by atoms with E-state index in [9.17, 15) is 4.39 Å². The van der Waals surface area contributed by atoms with E-state index in [1.165, 1.54) is 11.1 Å². The van der Waals surface area contributed by atoms with Crippen LogP contribution in [0.1, 0.15) is 40.0 Å². The number of hydrogen-bond donors (Lipinski definition) is 0. The van der Waals surface area contributed by atoms with Crippen molar-refractivity contribution in [2.75, 3.05) is 13.6 Å². The van der Waals surface area contributed by atoms with Crippen molar-refractivity contribution in [2.45, 2.75) is 52.2 Å². The molecule has 0 saturated heterocycles. The maximum atomic E-state index is 13.4. The third kappa shape index (κ3) is 2.94. The van der Waals surface area contributed by atoms with Crippen molar-refractivity contribution in [2.24, 2.45) is 0 Å². The quantitative estimate of drug-likeness (QED) is 0.705. The van der Waals surface area contributed by atoms with Gasteiger partial charge in [-0.25, -0.2) is 4.39 Å². The first kappa shape index (κ1) is 13.4. The summed E-state index contributed by atoms with van der Waals surface area (Å²) in [6.07, 6.45) is 1.40. The van der Waals surface area contributed by atoms with Gasteiger partial charge in [0.25, 0.3) is 0 Å². The molecule has 0 bridgehead atoms. The molecule has 1 rings (SSSR count). The van der Waals surface area contributed by atoms with E-state index in [2.05, 4.69) is 32.4 Å². The first-order valence-corrected chi connectivity index (χ1v) is 6.19. The minimum atomic E-state index is -0.743. The van der Waals surface area contributed by atoms with E-state index in [4.69, 9.17) is 0 Å². The maximum Gasteiger partial charge on any atom is 0.104 e. The first-order chi connectivity index (χ1) is 7.47. The fraction of sp³-hybridized carbons (Fsp3) is 0.714. The molecule has 0 aliphatic carbocycles. The third-order valence-corrected chi connectivity index (χ3v) is 3.67. The van der Waals surface area contributed by atoms with Gasteiger partial charge in [-0.15, -0.1) is 0 Å². The van der Waals surface area contributed by atoms with Crippen LogP contribution in [0.5, 0.6) is 0 Å². The van der Waals surface area contributed by atoms with Crippen LogP contribution >= 0.6 is 0 Å². The molecule has 0 aromatic heterocycles. The number of likely N-dealkylation sites (N-methyl/N-ethyl adjacent to an activating group) is 1. The molecule has 2 unspecified atom stereocenters. The topological polar surface area (TPSA) is 3.24 Å². The Labute approximate surface area is 99.0 Å². The summed E-state index contributed by atoms with van der Waals surface area (Å²) in [6.45, 7) is 11.4. The molecule has 0 spiro atoms. The molecule has 0 aromatic rings. The van der Waals surface area contributed by atoms with Crippen molar-refractivity contribution in [3.8, 4) is 0 Å². The van der Waals surface area contributed by atoms with Gasteiger partial charge in [-0.2, -0.15) is 0 Å². The summed E-state index contributed by atoms with van der Waals surface area (Å²) >= 11 is 0. The van der Waals surface area contributed by atoms with E-state index in [0.717, 1.165) is 18.5 Å². The van der Waals surface area contributed by atoms with Crippen LogP contribution < -0.4 is 0 Å². The molecule has 1 heterocycles. The van der Waals surface area contributed by atoms with Gasteiger partial charge in [-0.05, 0) is 44.9 Å². The number of halogens is 1. The second-order valence-corrected chi connectivity index (χ2v) is 4.91. The molecule has 2 heteroatoms. The lowest BCUT2D eigenvalue weighted by Crippen LogP contribution is -2.36. The normalized spacial score (nSPS) is 24.7. The summed E-state index contributed by atoms with van der Waals surface area (Å²) < 4.78 is 13.4. The van der Waals surface area contributed by atoms with Crippen LogP contribution in [0.25, 0.3) is 0 Å². The molecule has 92 valence electrons. The van der Waals surface area contributed by atoms with Crippen LogP contribution in [0, 0.1) is 0 Å². The lowest BCUT2D eigenvalue weighted by Gasteiger charge is -2.34. The largest absolute Gasteiger partial charge is 0.299 e. The van der Waals surface area contributed by atoms with E-state index in [0.29, 0.717) is 18.9 Å². The smallest absolute Gasteiger partial charge is 0.104 e. The summed E-state index contributed by atoms with van der Waals surface area (Å²) in [4.78, 5) is 2.31. The molecule has 0 saturated carbocycles. The van der Waals surface area contributed by atoms with Crippen LogP contribution in [0.2, 0.25) is 0 Å². The Kier molecular flexibility index (Phi) is 4.72. The zero-order valence-corrected chi connectivity index (χ0v) is 11.0. The maximum absolute atomic E-state index is 13.4. The van der Waals surface area contributed by atoms with Gasteiger partial charge >= 0.3 is 0 Å². The lowest BCUT2D eigenvalue weighted by molar-refractivity contribution is 0.269. The zero-order chi connectivity index (χ0) is 12.3. The monoisotopic (exact) mass is 225 g/mol. The van der Waals surface area contributed by atoms with Gasteiger partial charge in [-0.3, -0.25) is 4.90 Å². The minimum absolute atomic E-state index is 0.380. The van der Waals surface area contributed by atoms with E-state index >= 15 is 0 Å². The van der Waals surface area contributed by atoms with E-state index in [-0.39, 0.29) is 0 Å². The Morgan fingerprint density at radius 2 is 2.25 bits per heavy atom. The van der Waals surface area contributed by atoms with Crippen LogP contribution in [0.4, 0.5) is 4.39 Å². The highest BCUT2D eigenvalue weighted by atomic mass is 19.1. The number of alkyl halides is 1. The van der Waals surface area contributed by atoms with E-state index in [1.54, 1.807) is 0 Å². The highest BCUT2D eigenvalue weighted by molar-refractivity contribution is 5.38. The predicted octanol–water partition coefficient (Wildman–Crippen LogP) is 3.72. The highest BCUT2D eigenvalue weighted by Gasteiger charge is 2.24. The Balaban J connectivity index is 2.80. The molecule has 1 aliphatic heterocycles. The molecule has 0 aromatic carbocycles. The molecular formula is C14H24FN. The Hall–Kier alpha value is -0.630. The molecule has 2 atom stereocenters. The summed E-state index contributed by atoms with van der Waals surface area (Å²) in [5.74, 6) is 0. The second-order valence-electron chi connectivity index (χ2n) is 4.91. The molecule has 1 nitrogen and oxygen atoms in total. The van der Waals surface area contributed by atoms with Crippen LogP contribution in [0.3, 0.4) is 0 Å².